The second kappa shape index (κ2) is 9.25. The summed E-state index contributed by atoms with van der Waals surface area (Å²) in [4.78, 5) is 25.8. The Morgan fingerprint density at radius 2 is 2.30 bits per heavy atom. The third-order valence-electron chi connectivity index (χ3n) is 5.86. The van der Waals surface area contributed by atoms with Gasteiger partial charge >= 0.3 is 11.9 Å². The molecule has 1 N–H and O–H groups in total. The van der Waals surface area contributed by atoms with Crippen LogP contribution in [0.25, 0.3) is 0 Å². The van der Waals surface area contributed by atoms with Crippen LogP contribution in [0, 0.1) is 29.0 Å². The van der Waals surface area contributed by atoms with E-state index in [0.717, 1.165) is 13.8 Å². The summed E-state index contributed by atoms with van der Waals surface area (Å²) in [6.45, 7) is -3.41. The second-order valence-corrected chi connectivity index (χ2v) is 8.21. The Bertz CT molecular complexity index is 1200. The van der Waals surface area contributed by atoms with E-state index in [0.29, 0.717) is 0 Å². The number of rotatable bonds is 7. The van der Waals surface area contributed by atoms with E-state index < -0.39 is 104 Å². The van der Waals surface area contributed by atoms with Gasteiger partial charge in [-0.1, -0.05) is 38.9 Å². The summed E-state index contributed by atoms with van der Waals surface area (Å²) in [5, 5.41) is 4.56. The van der Waals surface area contributed by atoms with Gasteiger partial charge in [-0.2, -0.15) is 0 Å². The first kappa shape index (κ1) is 10.8. The zero-order valence-electron chi connectivity index (χ0n) is 31.5. The van der Waals surface area contributed by atoms with Gasteiger partial charge in [-0.05, 0) is 62.6 Å². The molecule has 0 aromatic rings. The van der Waals surface area contributed by atoms with Crippen LogP contribution < -0.4 is 0 Å². The minimum Gasteiger partial charge on any atom is -0.462 e. The summed E-state index contributed by atoms with van der Waals surface area (Å²) in [6.07, 6.45) is -7.54. The molecule has 1 saturated heterocycles. The smallest absolute Gasteiger partial charge is 0.311 e. The zero-order chi connectivity index (χ0) is 34.0. The molecule has 0 spiro atoms. The highest BCUT2D eigenvalue weighted by Gasteiger charge is 2.43. The zero-order valence-corrected chi connectivity index (χ0v) is 17.5. The molecule has 0 amide bonds. The van der Waals surface area contributed by atoms with Crippen molar-refractivity contribution in [3.05, 3.63) is 23.7 Å². The number of fused-ring (bicyclic) bond motifs is 1. The van der Waals surface area contributed by atoms with Crippen LogP contribution in [0.2, 0.25) is 0 Å². The van der Waals surface area contributed by atoms with Crippen LogP contribution in [0.3, 0.4) is 0 Å². The molecule has 0 saturated carbocycles. The van der Waals surface area contributed by atoms with Crippen molar-refractivity contribution in [2.75, 3.05) is 0 Å². The highest BCUT2D eigenvalue weighted by Crippen LogP contribution is 2.45. The number of esters is 2. The molecule has 2 aliphatic carbocycles. The van der Waals surface area contributed by atoms with Gasteiger partial charge in [0.15, 0.2) is 0 Å². The predicted molar refractivity (Wildman–Crippen MR) is 115 cm³/mol. The van der Waals surface area contributed by atoms with E-state index in [4.69, 9.17) is 28.7 Å². The third-order valence-corrected chi connectivity index (χ3v) is 5.86. The molecule has 5 nitrogen and oxygen atoms in total. The lowest BCUT2D eigenvalue weighted by molar-refractivity contribution is -0.166. The number of carbonyl (C=O) groups is 2. The molecule has 7 atom stereocenters. The van der Waals surface area contributed by atoms with E-state index in [1.54, 1.807) is 0 Å². The van der Waals surface area contributed by atoms with Crippen LogP contribution in [0.4, 0.5) is 0 Å². The number of hydrogen-bond acceptors (Lipinski definition) is 5. The summed E-state index contributed by atoms with van der Waals surface area (Å²) in [5.41, 5.74) is -3.43. The number of cyclic esters (lactones) is 1. The van der Waals surface area contributed by atoms with Crippen molar-refractivity contribution in [1.82, 2.24) is 0 Å². The van der Waals surface area contributed by atoms with Crippen molar-refractivity contribution in [3.8, 4) is 0 Å². The fourth-order valence-corrected chi connectivity index (χ4v) is 4.08. The van der Waals surface area contributed by atoms with E-state index in [1.165, 1.54) is 6.92 Å². The average molecular weight is 433 g/mol. The Balaban J connectivity index is 2.22. The van der Waals surface area contributed by atoms with Crippen molar-refractivity contribution in [3.63, 3.8) is 0 Å². The molecule has 3 rings (SSSR count). The van der Waals surface area contributed by atoms with Gasteiger partial charge in [0.1, 0.15) is 12.2 Å². The first-order chi connectivity index (χ1) is 19.8. The average Bonchev–Trinajstić information content (AvgIpc) is 2.87. The monoisotopic (exact) mass is 432 g/mol. The van der Waals surface area contributed by atoms with Crippen LogP contribution in [-0.4, -0.2) is 36.8 Å². The molecule has 30 heavy (non-hydrogen) atoms. The molecular formula is C25H38O5. The van der Waals surface area contributed by atoms with Gasteiger partial charge in [-0.3, -0.25) is 9.59 Å². The number of aliphatic hydroxyl groups excluding tert-OH is 1. The largest absolute Gasteiger partial charge is 0.462 e. The molecule has 1 fully saturated rings. The summed E-state index contributed by atoms with van der Waals surface area (Å²) in [7, 11) is 0. The van der Waals surface area contributed by atoms with E-state index in [9.17, 15) is 9.59 Å². The summed E-state index contributed by atoms with van der Waals surface area (Å²) < 4.78 is 128. The molecule has 0 aromatic heterocycles. The quantitative estimate of drug-likeness (QED) is 0.596. The number of carbonyl (C=O) groups excluding carboxylic acids is 2. The maximum Gasteiger partial charge on any atom is 0.311 e. The van der Waals surface area contributed by atoms with E-state index in [1.807, 2.05) is 0 Å². The van der Waals surface area contributed by atoms with Crippen molar-refractivity contribution in [2.45, 2.75) is 91.3 Å². The molecule has 5 heteroatoms. The highest BCUT2D eigenvalue weighted by atomic mass is 16.6. The van der Waals surface area contributed by atoms with E-state index in [-0.39, 0.29) is 31.3 Å². The molecule has 0 radical (unpaired) electrons. The molecule has 168 valence electrons. The lowest BCUT2D eigenvalue weighted by atomic mass is 9.65. The first-order valence-corrected chi connectivity index (χ1v) is 10.3. The molecule has 3 aliphatic rings. The number of aliphatic hydroxyl groups is 1. The lowest BCUT2D eigenvalue weighted by Gasteiger charge is -2.44. The molecule has 0 aromatic carbocycles. The molecule has 0 bridgehead atoms. The summed E-state index contributed by atoms with van der Waals surface area (Å²) >= 11 is 0. The van der Waals surface area contributed by atoms with E-state index in [2.05, 4.69) is 5.11 Å². The van der Waals surface area contributed by atoms with Crippen LogP contribution >= 0.6 is 0 Å². The Kier molecular flexibility index (Phi) is 3.33. The predicted octanol–water partition coefficient (Wildman–Crippen LogP) is 4.59. The number of allylic oxidation sites excluding steroid dienone is 3. The number of ether oxygens (including phenoxy) is 2. The van der Waals surface area contributed by atoms with Gasteiger partial charge in [0, 0.05) is 26.0 Å². The third kappa shape index (κ3) is 5.16. The first-order valence-electron chi connectivity index (χ1n) is 17.2. The molecule has 1 heterocycles. The van der Waals surface area contributed by atoms with Gasteiger partial charge in [0.05, 0.1) is 22.1 Å². The standard InChI is InChI=1S/C25H38O5/c1-6-25(4,5)24(28)30-21-12-15(2)11-17-8-7-16(3)20(23(17)21)10-9-19-13-18(26)14-22(27)29-19/h7-8,11,15-16,18-21,23,26H,6,9-10,12-14H2,1-5H3/t15-,16-,18+,19?,20-,21?,23-/m0/s1/i4D3,5D3,7D,8D,11D,12D2,15D,16D,26D. The van der Waals surface area contributed by atoms with Crippen molar-refractivity contribution >= 4 is 11.9 Å². The van der Waals surface area contributed by atoms with Crippen molar-refractivity contribution in [1.29, 1.82) is 1.43 Å². The minimum atomic E-state index is -3.43. The van der Waals surface area contributed by atoms with Crippen LogP contribution in [0.1, 0.15) is 90.8 Å². The fraction of sp³-hybridized carbons (Fsp3) is 0.760. The Labute approximate surface area is 200 Å². The Morgan fingerprint density at radius 1 is 1.50 bits per heavy atom. The van der Waals surface area contributed by atoms with Gasteiger partial charge < -0.3 is 14.6 Å². The van der Waals surface area contributed by atoms with Gasteiger partial charge in [-0.25, -0.2) is 0 Å². The van der Waals surface area contributed by atoms with Crippen molar-refractivity contribution < 1.29 is 42.0 Å². The normalized spacial score (nSPS) is 51.7. The molecule has 2 unspecified atom stereocenters. The van der Waals surface area contributed by atoms with E-state index >= 15 is 0 Å². The summed E-state index contributed by atoms with van der Waals surface area (Å²) in [5.74, 6) is -9.64. The topological polar surface area (TPSA) is 72.8 Å². The van der Waals surface area contributed by atoms with Gasteiger partial charge in [0.2, 0.25) is 1.43 Å². The van der Waals surface area contributed by atoms with Crippen LogP contribution in [0.15, 0.2) is 23.7 Å². The maximum absolute atomic E-state index is 13.8. The van der Waals surface area contributed by atoms with Gasteiger partial charge in [0.25, 0.3) is 0 Å². The minimum absolute atomic E-state index is 0.00765. The van der Waals surface area contributed by atoms with Crippen LogP contribution in [-0.2, 0) is 19.1 Å². The van der Waals surface area contributed by atoms with Gasteiger partial charge in [-0.15, -0.1) is 0 Å². The van der Waals surface area contributed by atoms with Crippen molar-refractivity contribution in [2.24, 2.45) is 29.0 Å². The molecule has 1 aliphatic heterocycles. The second-order valence-electron chi connectivity index (χ2n) is 8.21. The van der Waals surface area contributed by atoms with Crippen LogP contribution in [0.5, 0.6) is 0 Å². The lowest BCUT2D eigenvalue weighted by Crippen LogP contribution is -2.43. The Hall–Kier alpha value is -1.62. The number of hydrogen-bond donors (Lipinski definition) is 1. The highest BCUT2D eigenvalue weighted by molar-refractivity contribution is 5.76. The SMILES string of the molecule is [2H]O[C@H]1CC(=O)OC(CC[C@@H]2[C@@H]3C(=C([2H])[C@]([2H])(C)C([2H])([2H])C3OC(=O)C(CC)(C([2H])([2H])[2H])C([2H])([2H])[2H])C([2H])=C([2H])[C@]2([2H])C)C1. The molecular weight excluding hydrogens is 380 g/mol. The maximum atomic E-state index is 13.8. The Morgan fingerprint density at radius 3 is 3.00 bits per heavy atom. The fourth-order valence-electron chi connectivity index (χ4n) is 4.08. The summed E-state index contributed by atoms with van der Waals surface area (Å²) in [6, 6.07) is -1.90.